The Labute approximate surface area is 151 Å². The van der Waals surface area contributed by atoms with Crippen molar-refractivity contribution < 1.29 is 14.6 Å². The number of carboxylic acids is 1. The zero-order valence-corrected chi connectivity index (χ0v) is 15.8. The molecule has 1 aliphatic rings. The Morgan fingerprint density at radius 1 is 1.28 bits per heavy atom. The number of rotatable bonds is 8. The number of carbonyl (C=O) groups is 1. The molecule has 1 heterocycles. The second kappa shape index (κ2) is 9.78. The fourth-order valence-corrected chi connectivity index (χ4v) is 3.43. The van der Waals surface area contributed by atoms with Crippen molar-refractivity contribution in [2.75, 3.05) is 39.8 Å². The minimum Gasteiger partial charge on any atom is -0.494 e. The summed E-state index contributed by atoms with van der Waals surface area (Å²) < 4.78 is 5.87. The molecule has 1 saturated heterocycles. The molecule has 5 nitrogen and oxygen atoms in total. The maximum Gasteiger partial charge on any atom is 0.317 e. The Hall–Kier alpha value is -1.59. The van der Waals surface area contributed by atoms with E-state index in [2.05, 4.69) is 30.9 Å². The number of likely N-dealkylation sites (tertiary alicyclic amines) is 1. The van der Waals surface area contributed by atoms with E-state index in [-0.39, 0.29) is 6.54 Å². The molecule has 0 bridgehead atoms. The van der Waals surface area contributed by atoms with Crippen molar-refractivity contribution >= 4 is 5.97 Å². The van der Waals surface area contributed by atoms with Crippen molar-refractivity contribution in [3.8, 4) is 5.75 Å². The van der Waals surface area contributed by atoms with Gasteiger partial charge in [0, 0.05) is 12.6 Å². The highest BCUT2D eigenvalue weighted by atomic mass is 16.5. The van der Waals surface area contributed by atoms with Crippen LogP contribution in [0.1, 0.15) is 36.8 Å². The third-order valence-corrected chi connectivity index (χ3v) is 5.16. The van der Waals surface area contributed by atoms with Crippen LogP contribution in [0.5, 0.6) is 5.75 Å². The smallest absolute Gasteiger partial charge is 0.317 e. The van der Waals surface area contributed by atoms with Gasteiger partial charge in [0.2, 0.25) is 0 Å². The van der Waals surface area contributed by atoms with Crippen LogP contribution in [0.25, 0.3) is 0 Å². The number of carboxylic acid groups (broad SMARTS) is 1. The second-order valence-corrected chi connectivity index (χ2v) is 7.18. The highest BCUT2D eigenvalue weighted by molar-refractivity contribution is 5.69. The zero-order chi connectivity index (χ0) is 18.2. The summed E-state index contributed by atoms with van der Waals surface area (Å²) >= 11 is 0. The molecular formula is C20H32N2O3. The summed E-state index contributed by atoms with van der Waals surface area (Å²) in [4.78, 5) is 15.3. The number of aryl methyl sites for hydroxylation is 2. The van der Waals surface area contributed by atoms with Crippen LogP contribution in [0.4, 0.5) is 0 Å². The van der Waals surface area contributed by atoms with Gasteiger partial charge >= 0.3 is 5.97 Å². The van der Waals surface area contributed by atoms with Crippen LogP contribution < -0.4 is 4.74 Å². The first-order chi connectivity index (χ1) is 12.0. The minimum absolute atomic E-state index is 0.133. The first-order valence-electron chi connectivity index (χ1n) is 9.30. The molecule has 0 aromatic heterocycles. The van der Waals surface area contributed by atoms with Crippen molar-refractivity contribution in [2.24, 2.45) is 0 Å². The molecule has 1 atom stereocenters. The van der Waals surface area contributed by atoms with E-state index in [9.17, 15) is 4.79 Å². The quantitative estimate of drug-likeness (QED) is 0.732. The normalized spacial score (nSPS) is 19.0. The first kappa shape index (κ1) is 19.7. The number of hydrogen-bond donors (Lipinski definition) is 1. The molecule has 1 fully saturated rings. The van der Waals surface area contributed by atoms with Gasteiger partial charge < -0.3 is 14.7 Å². The Morgan fingerprint density at radius 3 is 2.80 bits per heavy atom. The molecule has 25 heavy (non-hydrogen) atoms. The Bertz CT molecular complexity index is 562. The van der Waals surface area contributed by atoms with Gasteiger partial charge in [-0.2, -0.15) is 0 Å². The van der Waals surface area contributed by atoms with Crippen molar-refractivity contribution in [2.45, 2.75) is 45.6 Å². The van der Waals surface area contributed by atoms with E-state index in [1.54, 1.807) is 0 Å². The summed E-state index contributed by atoms with van der Waals surface area (Å²) in [6.07, 6.45) is 4.27. The molecule has 0 spiro atoms. The van der Waals surface area contributed by atoms with E-state index in [0.29, 0.717) is 6.04 Å². The zero-order valence-electron chi connectivity index (χ0n) is 15.8. The Morgan fingerprint density at radius 2 is 2.08 bits per heavy atom. The van der Waals surface area contributed by atoms with Gasteiger partial charge in [-0.15, -0.1) is 0 Å². The predicted molar refractivity (Wildman–Crippen MR) is 100 cm³/mol. The van der Waals surface area contributed by atoms with E-state index < -0.39 is 5.97 Å². The summed E-state index contributed by atoms with van der Waals surface area (Å²) in [7, 11) is 1.92. The molecule has 0 aliphatic carbocycles. The lowest BCUT2D eigenvalue weighted by Gasteiger charge is -2.25. The molecular weight excluding hydrogens is 316 g/mol. The van der Waals surface area contributed by atoms with Gasteiger partial charge in [0.05, 0.1) is 13.2 Å². The fourth-order valence-electron chi connectivity index (χ4n) is 3.43. The molecule has 2 rings (SSSR count). The van der Waals surface area contributed by atoms with Crippen LogP contribution in [0.15, 0.2) is 18.2 Å². The maximum absolute atomic E-state index is 10.9. The van der Waals surface area contributed by atoms with E-state index in [1.165, 1.54) is 11.1 Å². The minimum atomic E-state index is -0.743. The van der Waals surface area contributed by atoms with Gasteiger partial charge in [-0.25, -0.2) is 0 Å². The van der Waals surface area contributed by atoms with E-state index >= 15 is 0 Å². The topological polar surface area (TPSA) is 53.0 Å². The summed E-state index contributed by atoms with van der Waals surface area (Å²) in [5.41, 5.74) is 2.56. The predicted octanol–water partition coefficient (Wildman–Crippen LogP) is 2.94. The van der Waals surface area contributed by atoms with Crippen LogP contribution in [0.2, 0.25) is 0 Å². The van der Waals surface area contributed by atoms with Gasteiger partial charge in [-0.05, 0) is 82.9 Å². The van der Waals surface area contributed by atoms with Crippen molar-refractivity contribution in [1.82, 2.24) is 9.80 Å². The van der Waals surface area contributed by atoms with Crippen molar-refractivity contribution in [1.29, 1.82) is 0 Å². The molecule has 0 radical (unpaired) electrons. The average molecular weight is 348 g/mol. The molecule has 5 heteroatoms. The Kier molecular flexibility index (Phi) is 7.72. The first-order valence-corrected chi connectivity index (χ1v) is 9.30. The number of nitrogens with zero attached hydrogens (tertiary/aromatic N) is 2. The van der Waals surface area contributed by atoms with Gasteiger partial charge in [0.15, 0.2) is 0 Å². The van der Waals surface area contributed by atoms with Crippen LogP contribution in [-0.2, 0) is 4.79 Å². The average Bonchev–Trinajstić information content (AvgIpc) is 2.80. The van der Waals surface area contributed by atoms with Crippen LogP contribution in [0.3, 0.4) is 0 Å². The van der Waals surface area contributed by atoms with E-state index in [1.807, 2.05) is 18.0 Å². The lowest BCUT2D eigenvalue weighted by molar-refractivity contribution is -0.138. The third kappa shape index (κ3) is 6.67. The maximum atomic E-state index is 10.9. The number of benzene rings is 1. The monoisotopic (exact) mass is 348 g/mol. The molecule has 1 aliphatic heterocycles. The molecule has 0 unspecified atom stereocenters. The largest absolute Gasteiger partial charge is 0.494 e. The van der Waals surface area contributed by atoms with Gasteiger partial charge in [-0.1, -0.05) is 6.07 Å². The Balaban J connectivity index is 1.67. The molecule has 0 amide bonds. The molecule has 1 N–H and O–H groups in total. The number of likely N-dealkylation sites (N-methyl/N-ethyl adjacent to an activating group) is 1. The summed E-state index contributed by atoms with van der Waals surface area (Å²) in [6.45, 7) is 8.27. The van der Waals surface area contributed by atoms with Gasteiger partial charge in [-0.3, -0.25) is 9.69 Å². The molecule has 1 aromatic rings. The number of ether oxygens (including phenoxy) is 1. The van der Waals surface area contributed by atoms with Gasteiger partial charge in [0.25, 0.3) is 0 Å². The van der Waals surface area contributed by atoms with E-state index in [0.717, 1.165) is 57.7 Å². The number of hydrogen-bond acceptors (Lipinski definition) is 4. The van der Waals surface area contributed by atoms with Crippen LogP contribution in [-0.4, -0.2) is 66.8 Å². The molecule has 140 valence electrons. The van der Waals surface area contributed by atoms with Crippen molar-refractivity contribution in [3.63, 3.8) is 0 Å². The fraction of sp³-hybridized carbons (Fsp3) is 0.650. The highest BCUT2D eigenvalue weighted by Crippen LogP contribution is 2.18. The highest BCUT2D eigenvalue weighted by Gasteiger charge is 2.21. The number of aliphatic carboxylic acids is 1. The van der Waals surface area contributed by atoms with Gasteiger partial charge in [0.1, 0.15) is 5.75 Å². The molecule has 0 saturated carbocycles. The van der Waals surface area contributed by atoms with Crippen LogP contribution in [0, 0.1) is 13.8 Å². The standard InChI is InChI=1S/C20H32N2O3/c1-16-7-8-19(14-17(16)2)25-13-5-11-22-10-4-6-18(9-12-22)21(3)15-20(23)24/h7-8,14,18H,4-6,9-13,15H2,1-3H3,(H,23,24)/t18-/m1/s1. The van der Waals surface area contributed by atoms with E-state index in [4.69, 9.17) is 9.84 Å². The lowest BCUT2D eigenvalue weighted by Crippen LogP contribution is -2.36. The summed E-state index contributed by atoms with van der Waals surface area (Å²) in [5, 5.41) is 8.94. The van der Waals surface area contributed by atoms with Crippen LogP contribution >= 0.6 is 0 Å². The summed E-state index contributed by atoms with van der Waals surface area (Å²) in [6, 6.07) is 6.63. The second-order valence-electron chi connectivity index (χ2n) is 7.18. The third-order valence-electron chi connectivity index (χ3n) is 5.16. The SMILES string of the molecule is Cc1ccc(OCCCN2CCC[C@@H](N(C)CC(=O)O)CC2)cc1C. The molecule has 1 aromatic carbocycles. The van der Waals surface area contributed by atoms with Crippen molar-refractivity contribution in [3.05, 3.63) is 29.3 Å². The lowest BCUT2D eigenvalue weighted by atomic mass is 10.1. The summed E-state index contributed by atoms with van der Waals surface area (Å²) in [5.74, 6) is 0.210.